The SMILES string of the molecule is [2H]C([2H])([2H])n1c(=O)n(C2CCC(C)(NC(=O)C3CC3)CC2)c2cc(Nc3cc(C(=O)O)c4nn(C)c(-c5cnn(C(F)(F)F)c5)c4n3)ncc21. The van der Waals surface area contributed by atoms with E-state index in [2.05, 4.69) is 30.8 Å². The number of halogens is 3. The van der Waals surface area contributed by atoms with Crippen molar-refractivity contribution in [3.63, 3.8) is 0 Å². The van der Waals surface area contributed by atoms with Crippen LogP contribution in [0, 0.1) is 5.92 Å². The minimum atomic E-state index is -4.79. The van der Waals surface area contributed by atoms with Crippen LogP contribution < -0.4 is 16.3 Å². The van der Waals surface area contributed by atoms with Crippen LogP contribution in [-0.2, 0) is 25.1 Å². The summed E-state index contributed by atoms with van der Waals surface area (Å²) < 4.78 is 67.2. The Kier molecular flexibility index (Phi) is 6.12. The number of nitrogens with one attached hydrogen (secondary N) is 2. The zero-order chi connectivity index (χ0) is 35.9. The Morgan fingerprint density at radius 2 is 1.83 bits per heavy atom. The summed E-state index contributed by atoms with van der Waals surface area (Å²) in [5, 5.41) is 23.6. The predicted molar refractivity (Wildman–Crippen MR) is 163 cm³/mol. The van der Waals surface area contributed by atoms with E-state index in [1.807, 2.05) is 6.92 Å². The van der Waals surface area contributed by atoms with Crippen molar-refractivity contribution in [2.75, 3.05) is 5.32 Å². The number of hydrogen-bond donors (Lipinski definition) is 3. The van der Waals surface area contributed by atoms with Gasteiger partial charge < -0.3 is 15.7 Å². The molecule has 2 saturated carbocycles. The minimum Gasteiger partial charge on any atom is -0.478 e. The van der Waals surface area contributed by atoms with Crippen molar-refractivity contribution < 1.29 is 32.0 Å². The molecule has 0 bridgehead atoms. The van der Waals surface area contributed by atoms with Crippen molar-refractivity contribution in [3.05, 3.63) is 46.8 Å². The number of nitrogens with zero attached hydrogens (tertiary/aromatic N) is 8. The van der Waals surface area contributed by atoms with Crippen molar-refractivity contribution >= 4 is 45.6 Å². The second-order valence-electron chi connectivity index (χ2n) is 12.4. The Bertz CT molecular complexity index is 2240. The van der Waals surface area contributed by atoms with E-state index in [4.69, 9.17) is 4.11 Å². The highest BCUT2D eigenvalue weighted by atomic mass is 19.4. The molecule has 14 nitrogen and oxygen atoms in total. The number of aryl methyl sites for hydroxylation is 2. The molecule has 0 spiro atoms. The van der Waals surface area contributed by atoms with E-state index in [0.717, 1.165) is 25.2 Å². The summed E-state index contributed by atoms with van der Waals surface area (Å²) in [6.45, 7) is -0.854. The van der Waals surface area contributed by atoms with Gasteiger partial charge in [-0.3, -0.25) is 18.6 Å². The van der Waals surface area contributed by atoms with Gasteiger partial charge in [0.1, 0.15) is 22.7 Å². The van der Waals surface area contributed by atoms with Gasteiger partial charge in [0.15, 0.2) is 0 Å². The number of alkyl halides is 3. The Morgan fingerprint density at radius 1 is 1.09 bits per heavy atom. The topological polar surface area (TPSA) is 167 Å². The van der Waals surface area contributed by atoms with Gasteiger partial charge >= 0.3 is 18.0 Å². The third-order valence-corrected chi connectivity index (χ3v) is 8.95. The smallest absolute Gasteiger partial charge is 0.478 e. The quantitative estimate of drug-likeness (QED) is 0.233. The maximum Gasteiger partial charge on any atom is 0.504 e. The molecule has 5 heterocycles. The van der Waals surface area contributed by atoms with Gasteiger partial charge in [0.05, 0.1) is 34.7 Å². The van der Waals surface area contributed by atoms with E-state index in [0.29, 0.717) is 30.3 Å². The van der Waals surface area contributed by atoms with Crippen LogP contribution in [0.25, 0.3) is 33.3 Å². The molecule has 5 aromatic rings. The summed E-state index contributed by atoms with van der Waals surface area (Å²) in [6, 6.07) is 2.26. The number of rotatable bonds is 7. The van der Waals surface area contributed by atoms with Gasteiger partial charge in [-0.25, -0.2) is 19.6 Å². The van der Waals surface area contributed by atoms with Crippen molar-refractivity contribution in [2.24, 2.45) is 19.9 Å². The largest absolute Gasteiger partial charge is 0.504 e. The maximum atomic E-state index is 13.7. The van der Waals surface area contributed by atoms with Crippen LogP contribution in [0.5, 0.6) is 0 Å². The van der Waals surface area contributed by atoms with Crippen LogP contribution in [0.3, 0.4) is 0 Å². The number of anilines is 2. The van der Waals surface area contributed by atoms with E-state index >= 15 is 0 Å². The average molecular weight is 656 g/mol. The van der Waals surface area contributed by atoms with Gasteiger partial charge in [0, 0.05) is 53.5 Å². The number of hydrogen-bond acceptors (Lipinski definition) is 8. The van der Waals surface area contributed by atoms with Gasteiger partial charge in [0.25, 0.3) is 0 Å². The minimum absolute atomic E-state index is 0.0152. The molecule has 3 N–H and O–H groups in total. The number of carboxylic acids is 1. The fraction of sp³-hybridized carbons (Fsp3) is 0.433. The predicted octanol–water partition coefficient (Wildman–Crippen LogP) is 4.20. The highest BCUT2D eigenvalue weighted by molar-refractivity contribution is 6.05. The van der Waals surface area contributed by atoms with Gasteiger partial charge in [-0.05, 0) is 51.5 Å². The standard InChI is InChI=1S/C30H31F3N10O4/c1-29(38-26(44)15-4-5-15)8-6-17(7-9-29)43-19-11-21(34-13-20(19)40(2)28(43)47)36-22-10-18(27(45)46)23-24(37-22)25(41(3)39-23)16-12-35-42(14-16)30(31,32)33/h10-15,17H,4-9H2,1-3H3,(H,38,44)(H,45,46)(H,34,36,37)/i2D3. The Morgan fingerprint density at radius 3 is 2.47 bits per heavy atom. The van der Waals surface area contributed by atoms with Crippen LogP contribution in [0.15, 0.2) is 35.5 Å². The first-order chi connectivity index (χ1) is 23.4. The lowest BCUT2D eigenvalue weighted by molar-refractivity contribution is -0.212. The fourth-order valence-electron chi connectivity index (χ4n) is 6.33. The molecule has 17 heteroatoms. The Hall–Kier alpha value is -5.22. The normalized spacial score (nSPS) is 21.4. The molecule has 0 saturated heterocycles. The summed E-state index contributed by atoms with van der Waals surface area (Å²) in [6.07, 6.45) is 1.99. The lowest BCUT2D eigenvalue weighted by atomic mass is 9.80. The monoisotopic (exact) mass is 655 g/mol. The van der Waals surface area contributed by atoms with Crippen LogP contribution in [-0.4, -0.2) is 61.2 Å². The third-order valence-electron chi connectivity index (χ3n) is 8.95. The van der Waals surface area contributed by atoms with E-state index in [-0.39, 0.29) is 67.0 Å². The lowest BCUT2D eigenvalue weighted by Crippen LogP contribution is -2.49. The van der Waals surface area contributed by atoms with E-state index in [1.165, 1.54) is 34.6 Å². The Balaban J connectivity index is 1.27. The van der Waals surface area contributed by atoms with Gasteiger partial charge in [-0.2, -0.15) is 14.9 Å². The van der Waals surface area contributed by atoms with Crippen molar-refractivity contribution in [3.8, 4) is 11.3 Å². The van der Waals surface area contributed by atoms with Crippen LogP contribution in [0.4, 0.5) is 24.8 Å². The number of aromatic nitrogens is 8. The molecule has 0 unspecified atom stereocenters. The molecular formula is C30H31F3N10O4. The number of amides is 1. The lowest BCUT2D eigenvalue weighted by Gasteiger charge is -2.38. The Labute approximate surface area is 268 Å². The molecule has 0 radical (unpaired) electrons. The maximum absolute atomic E-state index is 13.7. The fourth-order valence-corrected chi connectivity index (χ4v) is 6.33. The number of aromatic carboxylic acids is 1. The molecule has 0 aliphatic heterocycles. The number of pyridine rings is 2. The molecule has 1 amide bonds. The molecule has 0 aromatic carbocycles. The summed E-state index contributed by atoms with van der Waals surface area (Å²) in [5.74, 6) is -1.27. The van der Waals surface area contributed by atoms with Crippen molar-refractivity contribution in [2.45, 2.75) is 63.3 Å². The van der Waals surface area contributed by atoms with Gasteiger partial charge in [0.2, 0.25) is 5.91 Å². The first-order valence-corrected chi connectivity index (χ1v) is 14.9. The van der Waals surface area contributed by atoms with E-state index in [9.17, 15) is 32.7 Å². The van der Waals surface area contributed by atoms with Crippen LogP contribution in [0.2, 0.25) is 0 Å². The number of carbonyl (C=O) groups excluding carboxylic acids is 1. The number of imidazole rings is 1. The molecule has 7 rings (SSSR count). The second-order valence-corrected chi connectivity index (χ2v) is 12.4. The zero-order valence-corrected chi connectivity index (χ0v) is 25.2. The summed E-state index contributed by atoms with van der Waals surface area (Å²) >= 11 is 0. The van der Waals surface area contributed by atoms with Gasteiger partial charge in [-0.15, -0.1) is 13.2 Å². The molecule has 2 fully saturated rings. The summed E-state index contributed by atoms with van der Waals surface area (Å²) in [5.41, 5.74) is -1.23. The van der Waals surface area contributed by atoms with Crippen molar-refractivity contribution in [1.82, 2.24) is 44.0 Å². The molecule has 246 valence electrons. The number of carbonyl (C=O) groups is 2. The molecular weight excluding hydrogens is 621 g/mol. The molecule has 2 aliphatic carbocycles. The van der Waals surface area contributed by atoms with Crippen LogP contribution >= 0.6 is 0 Å². The number of carboxylic acid groups (broad SMARTS) is 1. The first kappa shape index (κ1) is 26.9. The molecule has 0 atom stereocenters. The molecule has 5 aromatic heterocycles. The van der Waals surface area contributed by atoms with E-state index < -0.39 is 36.5 Å². The van der Waals surface area contributed by atoms with Crippen LogP contribution in [0.1, 0.15) is 66.0 Å². The van der Waals surface area contributed by atoms with Gasteiger partial charge in [-0.1, -0.05) is 0 Å². The molecule has 47 heavy (non-hydrogen) atoms. The number of fused-ring (bicyclic) bond motifs is 2. The average Bonchev–Trinajstić information content (AvgIpc) is 3.55. The first-order valence-electron chi connectivity index (χ1n) is 16.4. The summed E-state index contributed by atoms with van der Waals surface area (Å²) in [7, 11) is 1.43. The third kappa shape index (κ3) is 5.38. The summed E-state index contributed by atoms with van der Waals surface area (Å²) in [4.78, 5) is 47.3. The molecule has 2 aliphatic rings. The second kappa shape index (κ2) is 10.7. The zero-order valence-electron chi connectivity index (χ0n) is 28.2. The van der Waals surface area contributed by atoms with Crippen molar-refractivity contribution in [1.29, 1.82) is 0 Å². The van der Waals surface area contributed by atoms with E-state index in [1.54, 1.807) is 0 Å². The highest BCUT2D eigenvalue weighted by Gasteiger charge is 2.38. The highest BCUT2D eigenvalue weighted by Crippen LogP contribution is 2.38.